The van der Waals surface area contributed by atoms with E-state index in [2.05, 4.69) is 116 Å². The molecular weight excluding hydrogens is 412 g/mol. The standard InChI is InChI=1S/C32H24N2/c1-21-18-27-20-26(16-17-28(27)32(34-21)25-8-4-3-5-9-25)23-12-14-24(15-13-23)30-19-22(2)33-31-11-7-6-10-29(30)31/h3-20H,1-2H3. The van der Waals surface area contributed by atoms with E-state index in [4.69, 9.17) is 4.98 Å². The highest BCUT2D eigenvalue weighted by Gasteiger charge is 2.10. The van der Waals surface area contributed by atoms with E-state index >= 15 is 0 Å². The molecule has 0 N–H and O–H groups in total. The van der Waals surface area contributed by atoms with Gasteiger partial charge in [0.1, 0.15) is 0 Å². The fourth-order valence-electron chi connectivity index (χ4n) is 4.78. The first kappa shape index (κ1) is 20.3. The minimum Gasteiger partial charge on any atom is -0.253 e. The van der Waals surface area contributed by atoms with Crippen molar-refractivity contribution in [2.75, 3.05) is 0 Å². The molecule has 2 heterocycles. The van der Waals surface area contributed by atoms with E-state index in [0.29, 0.717) is 0 Å². The summed E-state index contributed by atoms with van der Waals surface area (Å²) in [4.78, 5) is 9.53. The van der Waals surface area contributed by atoms with Crippen LogP contribution in [0, 0.1) is 13.8 Å². The van der Waals surface area contributed by atoms with Crippen molar-refractivity contribution >= 4 is 21.7 Å². The van der Waals surface area contributed by atoms with Gasteiger partial charge in [-0.15, -0.1) is 0 Å². The Labute approximate surface area is 199 Å². The molecule has 0 atom stereocenters. The predicted octanol–water partition coefficient (Wildman–Crippen LogP) is 8.40. The molecule has 162 valence electrons. The van der Waals surface area contributed by atoms with Gasteiger partial charge in [0.05, 0.1) is 11.2 Å². The van der Waals surface area contributed by atoms with Crippen LogP contribution in [0.25, 0.3) is 55.2 Å². The normalized spacial score (nSPS) is 11.2. The summed E-state index contributed by atoms with van der Waals surface area (Å²) >= 11 is 0. The van der Waals surface area contributed by atoms with E-state index in [1.54, 1.807) is 0 Å². The summed E-state index contributed by atoms with van der Waals surface area (Å²) in [6, 6.07) is 38.7. The third-order valence-electron chi connectivity index (χ3n) is 6.38. The van der Waals surface area contributed by atoms with Crippen LogP contribution in [0.3, 0.4) is 0 Å². The SMILES string of the molecule is Cc1cc2cc(-c3ccc(-c4cc(C)nc5ccccc45)cc3)ccc2c(-c2ccccc2)n1. The second kappa shape index (κ2) is 8.24. The number of hydrogen-bond donors (Lipinski definition) is 0. The molecule has 4 aromatic carbocycles. The maximum Gasteiger partial charge on any atom is 0.0783 e. The molecule has 0 saturated heterocycles. The average Bonchev–Trinajstić information content (AvgIpc) is 2.88. The highest BCUT2D eigenvalue weighted by molar-refractivity contribution is 5.98. The predicted molar refractivity (Wildman–Crippen MR) is 143 cm³/mol. The van der Waals surface area contributed by atoms with Crippen LogP contribution < -0.4 is 0 Å². The minimum atomic E-state index is 1.03. The third-order valence-corrected chi connectivity index (χ3v) is 6.38. The average molecular weight is 437 g/mol. The number of benzene rings is 4. The van der Waals surface area contributed by atoms with Crippen LogP contribution in [0.5, 0.6) is 0 Å². The number of para-hydroxylation sites is 1. The Balaban J connectivity index is 1.42. The van der Waals surface area contributed by atoms with E-state index in [1.807, 2.05) is 12.1 Å². The lowest BCUT2D eigenvalue weighted by Gasteiger charge is -2.11. The number of aromatic nitrogens is 2. The Morgan fingerprint density at radius 1 is 0.471 bits per heavy atom. The molecule has 0 amide bonds. The summed E-state index contributed by atoms with van der Waals surface area (Å²) in [6.45, 7) is 4.12. The molecular formula is C32H24N2. The van der Waals surface area contributed by atoms with Gasteiger partial charge in [-0.25, -0.2) is 0 Å². The molecule has 2 heteroatoms. The number of rotatable bonds is 3. The van der Waals surface area contributed by atoms with E-state index < -0.39 is 0 Å². The van der Waals surface area contributed by atoms with Crippen LogP contribution in [0.4, 0.5) is 0 Å². The molecule has 2 nitrogen and oxygen atoms in total. The molecule has 0 saturated carbocycles. The van der Waals surface area contributed by atoms with Gasteiger partial charge in [-0.3, -0.25) is 9.97 Å². The minimum absolute atomic E-state index is 1.03. The fraction of sp³-hybridized carbons (Fsp3) is 0.0625. The summed E-state index contributed by atoms with van der Waals surface area (Å²) in [5.74, 6) is 0. The second-order valence-corrected chi connectivity index (χ2v) is 8.82. The molecule has 0 aliphatic carbocycles. The monoisotopic (exact) mass is 436 g/mol. The first-order chi connectivity index (χ1) is 16.7. The highest BCUT2D eigenvalue weighted by atomic mass is 14.7. The van der Waals surface area contributed by atoms with Crippen LogP contribution in [-0.2, 0) is 0 Å². The lowest BCUT2D eigenvalue weighted by Crippen LogP contribution is -1.91. The van der Waals surface area contributed by atoms with Crippen molar-refractivity contribution in [3.8, 4) is 33.5 Å². The van der Waals surface area contributed by atoms with Gasteiger partial charge in [0.2, 0.25) is 0 Å². The van der Waals surface area contributed by atoms with Gasteiger partial charge in [0.15, 0.2) is 0 Å². The summed E-state index contributed by atoms with van der Waals surface area (Å²) in [5, 5.41) is 3.57. The Morgan fingerprint density at radius 3 is 1.97 bits per heavy atom. The van der Waals surface area contributed by atoms with Crippen molar-refractivity contribution in [1.82, 2.24) is 9.97 Å². The molecule has 34 heavy (non-hydrogen) atoms. The maximum absolute atomic E-state index is 4.85. The number of nitrogens with zero attached hydrogens (tertiary/aromatic N) is 2. The van der Waals surface area contributed by atoms with E-state index in [-0.39, 0.29) is 0 Å². The van der Waals surface area contributed by atoms with Gasteiger partial charge in [-0.2, -0.15) is 0 Å². The first-order valence-electron chi connectivity index (χ1n) is 11.6. The highest BCUT2D eigenvalue weighted by Crippen LogP contribution is 2.33. The lowest BCUT2D eigenvalue weighted by atomic mass is 9.95. The van der Waals surface area contributed by atoms with Crippen molar-refractivity contribution in [1.29, 1.82) is 0 Å². The molecule has 0 fully saturated rings. The summed E-state index contributed by atoms with van der Waals surface area (Å²) < 4.78 is 0. The van der Waals surface area contributed by atoms with Gasteiger partial charge in [-0.05, 0) is 65.8 Å². The summed E-state index contributed by atoms with van der Waals surface area (Å²) in [6.07, 6.45) is 0. The summed E-state index contributed by atoms with van der Waals surface area (Å²) in [5.41, 5.74) is 10.1. The number of aryl methyl sites for hydroxylation is 2. The van der Waals surface area contributed by atoms with Gasteiger partial charge >= 0.3 is 0 Å². The Hall–Kier alpha value is -4.30. The second-order valence-electron chi connectivity index (χ2n) is 8.82. The molecule has 2 aromatic heterocycles. The third kappa shape index (κ3) is 3.64. The molecule has 0 bridgehead atoms. The van der Waals surface area contributed by atoms with Crippen LogP contribution in [0.15, 0.2) is 109 Å². The zero-order valence-electron chi connectivity index (χ0n) is 19.3. The van der Waals surface area contributed by atoms with Crippen LogP contribution in [-0.4, -0.2) is 9.97 Å². The Kier molecular flexibility index (Phi) is 4.92. The van der Waals surface area contributed by atoms with Gasteiger partial charge in [0.25, 0.3) is 0 Å². The van der Waals surface area contributed by atoms with Gasteiger partial charge < -0.3 is 0 Å². The van der Waals surface area contributed by atoms with Crippen molar-refractivity contribution in [3.05, 3.63) is 121 Å². The van der Waals surface area contributed by atoms with E-state index in [0.717, 1.165) is 28.2 Å². The first-order valence-corrected chi connectivity index (χ1v) is 11.6. The van der Waals surface area contributed by atoms with Crippen molar-refractivity contribution in [2.24, 2.45) is 0 Å². The number of hydrogen-bond acceptors (Lipinski definition) is 2. The molecule has 0 aliphatic rings. The fourth-order valence-corrected chi connectivity index (χ4v) is 4.78. The van der Waals surface area contributed by atoms with Crippen LogP contribution in [0.1, 0.15) is 11.4 Å². The molecule has 6 aromatic rings. The quantitative estimate of drug-likeness (QED) is 0.278. The van der Waals surface area contributed by atoms with E-state index in [1.165, 1.54) is 38.4 Å². The number of fused-ring (bicyclic) bond motifs is 2. The summed E-state index contributed by atoms with van der Waals surface area (Å²) in [7, 11) is 0. The Bertz CT molecular complexity index is 1650. The largest absolute Gasteiger partial charge is 0.253 e. The van der Waals surface area contributed by atoms with Gasteiger partial charge in [0, 0.05) is 27.7 Å². The zero-order valence-corrected chi connectivity index (χ0v) is 19.3. The smallest absolute Gasteiger partial charge is 0.0783 e. The molecule has 0 spiro atoms. The topological polar surface area (TPSA) is 25.8 Å². The Morgan fingerprint density at radius 2 is 1.15 bits per heavy atom. The molecule has 6 rings (SSSR count). The molecule has 0 unspecified atom stereocenters. The van der Waals surface area contributed by atoms with E-state index in [9.17, 15) is 0 Å². The van der Waals surface area contributed by atoms with Crippen molar-refractivity contribution in [2.45, 2.75) is 13.8 Å². The van der Waals surface area contributed by atoms with Crippen LogP contribution >= 0.6 is 0 Å². The lowest BCUT2D eigenvalue weighted by molar-refractivity contribution is 1.23. The maximum atomic E-state index is 4.85. The number of pyridine rings is 2. The van der Waals surface area contributed by atoms with Crippen molar-refractivity contribution < 1.29 is 0 Å². The molecule has 0 aliphatic heterocycles. The van der Waals surface area contributed by atoms with Crippen LogP contribution in [0.2, 0.25) is 0 Å². The zero-order chi connectivity index (χ0) is 23.1. The molecule has 0 radical (unpaired) electrons. The van der Waals surface area contributed by atoms with Gasteiger partial charge in [-0.1, -0.05) is 84.9 Å². The van der Waals surface area contributed by atoms with Crippen molar-refractivity contribution in [3.63, 3.8) is 0 Å².